The number of rotatable bonds is 10. The molecular weight excluding hydrogens is 248 g/mol. The Morgan fingerprint density at radius 3 is 2.56 bits per heavy atom. The zero-order valence-electron chi connectivity index (χ0n) is 12.1. The lowest BCUT2D eigenvalue weighted by Crippen LogP contribution is -2.42. The molecule has 0 aliphatic carbocycles. The van der Waals surface area contributed by atoms with Crippen LogP contribution in [0.4, 0.5) is 0 Å². The van der Waals surface area contributed by atoms with Crippen LogP contribution in [0.15, 0.2) is 0 Å². The summed E-state index contributed by atoms with van der Waals surface area (Å²) in [4.78, 5) is 11.7. The SMILES string of the molecule is CCOC(CCNC(=O)[C@@H](N)CCSC)C(C)C. The molecule has 2 atom stereocenters. The molecule has 1 amide bonds. The van der Waals surface area contributed by atoms with Gasteiger partial charge < -0.3 is 15.8 Å². The van der Waals surface area contributed by atoms with Crippen molar-refractivity contribution in [2.24, 2.45) is 11.7 Å². The van der Waals surface area contributed by atoms with Crippen LogP contribution in [0, 0.1) is 5.92 Å². The van der Waals surface area contributed by atoms with E-state index in [0.717, 1.165) is 18.6 Å². The molecule has 5 heteroatoms. The Morgan fingerprint density at radius 2 is 2.06 bits per heavy atom. The Morgan fingerprint density at radius 1 is 1.39 bits per heavy atom. The average molecular weight is 276 g/mol. The number of amides is 1. The van der Waals surface area contributed by atoms with Gasteiger partial charge in [0.1, 0.15) is 0 Å². The van der Waals surface area contributed by atoms with E-state index in [-0.39, 0.29) is 18.1 Å². The Bertz CT molecular complexity index is 225. The van der Waals surface area contributed by atoms with Crippen molar-refractivity contribution < 1.29 is 9.53 Å². The van der Waals surface area contributed by atoms with Gasteiger partial charge in [-0.05, 0) is 37.7 Å². The molecule has 18 heavy (non-hydrogen) atoms. The number of thioether (sulfide) groups is 1. The monoisotopic (exact) mass is 276 g/mol. The maximum atomic E-state index is 11.7. The van der Waals surface area contributed by atoms with Gasteiger partial charge in [0.15, 0.2) is 0 Å². The van der Waals surface area contributed by atoms with Crippen LogP contribution in [0.25, 0.3) is 0 Å². The molecule has 0 fully saturated rings. The molecule has 0 aliphatic heterocycles. The van der Waals surface area contributed by atoms with Crippen molar-refractivity contribution in [2.45, 2.75) is 45.8 Å². The highest BCUT2D eigenvalue weighted by Gasteiger charge is 2.15. The molecule has 0 aliphatic rings. The highest BCUT2D eigenvalue weighted by molar-refractivity contribution is 7.98. The first-order valence-electron chi connectivity index (χ1n) is 6.66. The molecule has 0 saturated heterocycles. The fraction of sp³-hybridized carbons (Fsp3) is 0.923. The molecule has 0 saturated carbocycles. The standard InChI is InChI=1S/C13H28N2O2S/c1-5-17-12(10(2)3)6-8-15-13(16)11(14)7-9-18-4/h10-12H,5-9,14H2,1-4H3,(H,15,16)/t11-,12?/m0/s1. The van der Waals surface area contributed by atoms with E-state index >= 15 is 0 Å². The van der Waals surface area contributed by atoms with Crippen molar-refractivity contribution in [3.8, 4) is 0 Å². The summed E-state index contributed by atoms with van der Waals surface area (Å²) in [6, 6.07) is -0.387. The molecule has 0 rings (SSSR count). The minimum Gasteiger partial charge on any atom is -0.378 e. The van der Waals surface area contributed by atoms with Gasteiger partial charge >= 0.3 is 0 Å². The van der Waals surface area contributed by atoms with Gasteiger partial charge in [-0.1, -0.05) is 13.8 Å². The molecule has 0 radical (unpaired) electrons. The Labute approximate surface area is 115 Å². The van der Waals surface area contributed by atoms with E-state index in [1.165, 1.54) is 0 Å². The molecule has 0 bridgehead atoms. The van der Waals surface area contributed by atoms with Gasteiger partial charge in [-0.3, -0.25) is 4.79 Å². The second-order valence-corrected chi connectivity index (χ2v) is 5.69. The zero-order chi connectivity index (χ0) is 14.0. The summed E-state index contributed by atoms with van der Waals surface area (Å²) in [6.45, 7) is 7.60. The summed E-state index contributed by atoms with van der Waals surface area (Å²) in [5.74, 6) is 1.33. The van der Waals surface area contributed by atoms with Crippen LogP contribution >= 0.6 is 11.8 Å². The second kappa shape index (κ2) is 10.6. The normalized spacial score (nSPS) is 14.6. The second-order valence-electron chi connectivity index (χ2n) is 4.71. The minimum absolute atomic E-state index is 0.0527. The predicted molar refractivity (Wildman–Crippen MR) is 78.9 cm³/mol. The third kappa shape index (κ3) is 7.95. The third-order valence-corrected chi connectivity index (χ3v) is 3.47. The molecule has 0 heterocycles. The van der Waals surface area contributed by atoms with E-state index in [1.54, 1.807) is 11.8 Å². The number of carbonyl (C=O) groups is 1. The van der Waals surface area contributed by atoms with Crippen molar-refractivity contribution in [2.75, 3.05) is 25.2 Å². The topological polar surface area (TPSA) is 64.3 Å². The fourth-order valence-corrected chi connectivity index (χ4v) is 2.16. The number of hydrogen-bond acceptors (Lipinski definition) is 4. The number of carbonyl (C=O) groups excluding carboxylic acids is 1. The lowest BCUT2D eigenvalue weighted by molar-refractivity contribution is -0.122. The van der Waals surface area contributed by atoms with Gasteiger partial charge in [-0.2, -0.15) is 11.8 Å². The molecule has 108 valence electrons. The lowest BCUT2D eigenvalue weighted by Gasteiger charge is -2.21. The van der Waals surface area contributed by atoms with Crippen LogP contribution in [0.1, 0.15) is 33.6 Å². The number of nitrogens with one attached hydrogen (secondary N) is 1. The summed E-state index contributed by atoms with van der Waals surface area (Å²) < 4.78 is 5.62. The van der Waals surface area contributed by atoms with Crippen LogP contribution < -0.4 is 11.1 Å². The van der Waals surface area contributed by atoms with Gasteiger partial charge in [0, 0.05) is 13.2 Å². The van der Waals surface area contributed by atoms with Crippen LogP contribution in [0.2, 0.25) is 0 Å². The smallest absolute Gasteiger partial charge is 0.236 e. The van der Waals surface area contributed by atoms with Crippen LogP contribution in [0.5, 0.6) is 0 Å². The molecular formula is C13H28N2O2S. The minimum atomic E-state index is -0.387. The Kier molecular flexibility index (Phi) is 10.5. The summed E-state index contributed by atoms with van der Waals surface area (Å²) in [5, 5.41) is 2.88. The molecule has 4 nitrogen and oxygen atoms in total. The molecule has 3 N–H and O–H groups in total. The molecule has 0 spiro atoms. The van der Waals surface area contributed by atoms with Gasteiger partial charge in [-0.25, -0.2) is 0 Å². The molecule has 0 aromatic carbocycles. The molecule has 1 unspecified atom stereocenters. The summed E-state index contributed by atoms with van der Waals surface area (Å²) in [7, 11) is 0. The van der Waals surface area contributed by atoms with Gasteiger partial charge in [0.25, 0.3) is 0 Å². The van der Waals surface area contributed by atoms with E-state index in [9.17, 15) is 4.79 Å². The summed E-state index contributed by atoms with van der Waals surface area (Å²) in [6.07, 6.45) is 3.79. The van der Waals surface area contributed by atoms with Crippen LogP contribution in [-0.4, -0.2) is 43.2 Å². The third-order valence-electron chi connectivity index (χ3n) is 2.82. The lowest BCUT2D eigenvalue weighted by atomic mass is 10.0. The van der Waals surface area contributed by atoms with E-state index in [1.807, 2.05) is 13.2 Å². The highest BCUT2D eigenvalue weighted by atomic mass is 32.2. The van der Waals surface area contributed by atoms with Crippen LogP contribution in [0.3, 0.4) is 0 Å². The van der Waals surface area contributed by atoms with Gasteiger partial charge in [-0.15, -0.1) is 0 Å². The molecule has 0 aromatic rings. The summed E-state index contributed by atoms with van der Waals surface area (Å²) >= 11 is 1.71. The number of ether oxygens (including phenoxy) is 1. The largest absolute Gasteiger partial charge is 0.378 e. The van der Waals surface area contributed by atoms with Crippen molar-refractivity contribution in [3.05, 3.63) is 0 Å². The van der Waals surface area contributed by atoms with Crippen molar-refractivity contribution in [3.63, 3.8) is 0 Å². The summed E-state index contributed by atoms with van der Waals surface area (Å²) in [5.41, 5.74) is 5.78. The van der Waals surface area contributed by atoms with Crippen molar-refractivity contribution >= 4 is 17.7 Å². The average Bonchev–Trinajstić information content (AvgIpc) is 2.34. The van der Waals surface area contributed by atoms with Crippen molar-refractivity contribution in [1.82, 2.24) is 5.32 Å². The maximum absolute atomic E-state index is 11.7. The first-order chi connectivity index (χ1) is 8.52. The number of nitrogens with two attached hydrogens (primary N) is 1. The molecule has 0 aromatic heterocycles. The van der Waals surface area contributed by atoms with Crippen LogP contribution in [-0.2, 0) is 9.53 Å². The zero-order valence-corrected chi connectivity index (χ0v) is 12.9. The quantitative estimate of drug-likeness (QED) is 0.636. The fourth-order valence-electron chi connectivity index (χ4n) is 1.67. The highest BCUT2D eigenvalue weighted by Crippen LogP contribution is 2.10. The predicted octanol–water partition coefficient (Wildman–Crippen LogP) is 1.63. The first-order valence-corrected chi connectivity index (χ1v) is 8.06. The van der Waals surface area contributed by atoms with E-state index in [2.05, 4.69) is 19.2 Å². The first kappa shape index (κ1) is 17.7. The Balaban J connectivity index is 3.83. The van der Waals surface area contributed by atoms with Gasteiger partial charge in [0.2, 0.25) is 5.91 Å². The van der Waals surface area contributed by atoms with E-state index in [4.69, 9.17) is 10.5 Å². The Hall–Kier alpha value is -0.260. The van der Waals surface area contributed by atoms with E-state index in [0.29, 0.717) is 19.1 Å². The number of hydrogen-bond donors (Lipinski definition) is 2. The van der Waals surface area contributed by atoms with E-state index < -0.39 is 0 Å². The van der Waals surface area contributed by atoms with Crippen molar-refractivity contribution in [1.29, 1.82) is 0 Å². The maximum Gasteiger partial charge on any atom is 0.236 e. The van der Waals surface area contributed by atoms with Gasteiger partial charge in [0.05, 0.1) is 12.1 Å².